The van der Waals surface area contributed by atoms with Crippen molar-refractivity contribution in [2.24, 2.45) is 0 Å². The summed E-state index contributed by atoms with van der Waals surface area (Å²) in [6.07, 6.45) is -2.90. The second-order valence-electron chi connectivity index (χ2n) is 2.68. The lowest BCUT2D eigenvalue weighted by Crippen LogP contribution is -2.05. The van der Waals surface area contributed by atoms with Gasteiger partial charge in [0.25, 0.3) is 6.43 Å². The fraction of sp³-hybridized carbons (Fsp3) is 0.250. The van der Waals surface area contributed by atoms with Gasteiger partial charge >= 0.3 is 5.97 Å². The summed E-state index contributed by atoms with van der Waals surface area (Å²) in [5, 5.41) is 8.57. The van der Waals surface area contributed by atoms with Gasteiger partial charge in [-0.15, -0.1) is 0 Å². The van der Waals surface area contributed by atoms with Crippen molar-refractivity contribution >= 4 is 44.5 Å². The Kier molecular flexibility index (Phi) is 4.38. The number of aliphatic carboxylic acids is 1. The van der Waals surface area contributed by atoms with Gasteiger partial charge in [0.15, 0.2) is 0 Å². The van der Waals surface area contributed by atoms with E-state index in [0.29, 0.717) is 5.56 Å². The molecule has 1 rings (SSSR count). The predicted octanol–water partition coefficient (Wildman–Crippen LogP) is 3.01. The number of nitrogens with zero attached hydrogens (tertiary/aromatic N) is 1. The SMILES string of the molecule is O=C(O)Cc1cc(Br)c(C(F)F)nc1I. The number of aromatic nitrogens is 1. The number of rotatable bonds is 3. The van der Waals surface area contributed by atoms with Crippen molar-refractivity contribution in [3.8, 4) is 0 Å². The molecule has 0 aromatic carbocycles. The number of carbonyl (C=O) groups is 1. The van der Waals surface area contributed by atoms with Crippen LogP contribution < -0.4 is 0 Å². The molecule has 0 bridgehead atoms. The Hall–Kier alpha value is -0.310. The summed E-state index contributed by atoms with van der Waals surface area (Å²) in [5.41, 5.74) is 0.0490. The quantitative estimate of drug-likeness (QED) is 0.636. The van der Waals surface area contributed by atoms with Crippen molar-refractivity contribution in [1.29, 1.82) is 0 Å². The number of hydrogen-bond acceptors (Lipinski definition) is 2. The van der Waals surface area contributed by atoms with Crippen LogP contribution in [0, 0.1) is 3.70 Å². The molecule has 1 aromatic rings. The Bertz CT molecular complexity index is 400. The third kappa shape index (κ3) is 3.33. The lowest BCUT2D eigenvalue weighted by Gasteiger charge is -2.06. The molecule has 0 saturated heterocycles. The largest absolute Gasteiger partial charge is 0.481 e. The number of hydrogen-bond donors (Lipinski definition) is 1. The molecule has 0 fully saturated rings. The lowest BCUT2D eigenvalue weighted by atomic mass is 10.2. The van der Waals surface area contributed by atoms with Crippen LogP contribution in [0.1, 0.15) is 17.7 Å². The summed E-state index contributed by atoms with van der Waals surface area (Å²) in [4.78, 5) is 14.1. The highest BCUT2D eigenvalue weighted by atomic mass is 127. The monoisotopic (exact) mass is 391 g/mol. The maximum atomic E-state index is 12.4. The Balaban J connectivity index is 3.13. The zero-order valence-corrected chi connectivity index (χ0v) is 10.9. The number of pyridine rings is 1. The molecule has 0 aliphatic rings. The van der Waals surface area contributed by atoms with Crippen molar-refractivity contribution in [2.45, 2.75) is 12.8 Å². The Morgan fingerprint density at radius 1 is 1.67 bits per heavy atom. The molecule has 0 aliphatic heterocycles. The van der Waals surface area contributed by atoms with E-state index >= 15 is 0 Å². The number of halogens is 4. The molecule has 0 unspecified atom stereocenters. The molecule has 3 nitrogen and oxygen atoms in total. The van der Waals surface area contributed by atoms with Gasteiger partial charge in [-0.1, -0.05) is 0 Å². The average molecular weight is 392 g/mol. The molecule has 1 N–H and O–H groups in total. The Morgan fingerprint density at radius 3 is 2.73 bits per heavy atom. The van der Waals surface area contributed by atoms with Crippen LogP contribution in [0.25, 0.3) is 0 Å². The molecule has 1 aromatic heterocycles. The molecule has 0 saturated carbocycles. The first-order chi connectivity index (χ1) is 6.91. The van der Waals surface area contributed by atoms with Crippen LogP contribution in [0.15, 0.2) is 10.5 Å². The fourth-order valence-corrected chi connectivity index (χ4v) is 2.10. The standard InChI is InChI=1S/C8H5BrF2INO2/c9-4-1-3(2-5(14)15)8(12)13-6(4)7(10)11/h1,7H,2H2,(H,14,15). The van der Waals surface area contributed by atoms with Crippen LogP contribution in [0.3, 0.4) is 0 Å². The highest BCUT2D eigenvalue weighted by molar-refractivity contribution is 14.1. The molecular weight excluding hydrogens is 387 g/mol. The summed E-state index contributed by atoms with van der Waals surface area (Å²) >= 11 is 4.67. The minimum atomic E-state index is -2.67. The second-order valence-corrected chi connectivity index (χ2v) is 4.55. The zero-order chi connectivity index (χ0) is 11.6. The van der Waals surface area contributed by atoms with E-state index in [1.54, 1.807) is 22.6 Å². The van der Waals surface area contributed by atoms with E-state index in [1.165, 1.54) is 6.07 Å². The topological polar surface area (TPSA) is 50.2 Å². The Morgan fingerprint density at radius 2 is 2.27 bits per heavy atom. The van der Waals surface area contributed by atoms with Crippen LogP contribution in [-0.4, -0.2) is 16.1 Å². The fourth-order valence-electron chi connectivity index (χ4n) is 0.957. The maximum absolute atomic E-state index is 12.4. The zero-order valence-electron chi connectivity index (χ0n) is 7.18. The Labute approximate surface area is 106 Å². The molecule has 0 spiro atoms. The van der Waals surface area contributed by atoms with Crippen LogP contribution >= 0.6 is 38.5 Å². The first kappa shape index (κ1) is 12.8. The summed E-state index contributed by atoms with van der Waals surface area (Å²) in [7, 11) is 0. The molecule has 0 atom stereocenters. The van der Waals surface area contributed by atoms with Gasteiger partial charge in [-0.2, -0.15) is 0 Å². The smallest absolute Gasteiger partial charge is 0.307 e. The van der Waals surface area contributed by atoms with E-state index in [1.807, 2.05) is 0 Å². The highest BCUT2D eigenvalue weighted by Gasteiger charge is 2.17. The third-order valence-electron chi connectivity index (χ3n) is 1.58. The van der Waals surface area contributed by atoms with E-state index in [9.17, 15) is 13.6 Å². The summed E-state index contributed by atoms with van der Waals surface area (Å²) < 4.78 is 25.2. The van der Waals surface area contributed by atoms with E-state index in [-0.39, 0.29) is 20.3 Å². The maximum Gasteiger partial charge on any atom is 0.307 e. The first-order valence-corrected chi connectivity index (χ1v) is 5.63. The van der Waals surface area contributed by atoms with Crippen molar-refractivity contribution in [3.05, 3.63) is 25.5 Å². The van der Waals surface area contributed by atoms with E-state index < -0.39 is 12.4 Å². The van der Waals surface area contributed by atoms with Gasteiger partial charge in [0.2, 0.25) is 0 Å². The van der Waals surface area contributed by atoms with Crippen molar-refractivity contribution in [1.82, 2.24) is 4.98 Å². The summed E-state index contributed by atoms with van der Waals surface area (Å²) in [6, 6.07) is 1.37. The minimum Gasteiger partial charge on any atom is -0.481 e. The van der Waals surface area contributed by atoms with Crippen molar-refractivity contribution < 1.29 is 18.7 Å². The third-order valence-corrected chi connectivity index (χ3v) is 3.15. The van der Waals surface area contributed by atoms with Gasteiger partial charge in [-0.25, -0.2) is 13.8 Å². The van der Waals surface area contributed by atoms with E-state index in [2.05, 4.69) is 20.9 Å². The summed E-state index contributed by atoms with van der Waals surface area (Å²) in [5.74, 6) is -1.02. The molecule has 15 heavy (non-hydrogen) atoms. The van der Waals surface area contributed by atoms with Gasteiger partial charge in [-0.05, 0) is 50.2 Å². The normalized spacial score (nSPS) is 10.7. The molecule has 7 heteroatoms. The van der Waals surface area contributed by atoms with E-state index in [4.69, 9.17) is 5.11 Å². The average Bonchev–Trinajstić information content (AvgIpc) is 2.09. The van der Waals surface area contributed by atoms with Gasteiger partial charge in [0.05, 0.1) is 6.42 Å². The summed E-state index contributed by atoms with van der Waals surface area (Å²) in [6.45, 7) is 0. The van der Waals surface area contributed by atoms with Crippen molar-refractivity contribution in [2.75, 3.05) is 0 Å². The predicted molar refractivity (Wildman–Crippen MR) is 61.0 cm³/mol. The van der Waals surface area contributed by atoms with Gasteiger partial charge < -0.3 is 5.11 Å². The van der Waals surface area contributed by atoms with Gasteiger partial charge in [0.1, 0.15) is 9.39 Å². The molecule has 0 aliphatic carbocycles. The van der Waals surface area contributed by atoms with Crippen LogP contribution in [-0.2, 0) is 11.2 Å². The van der Waals surface area contributed by atoms with E-state index in [0.717, 1.165) is 0 Å². The number of alkyl halides is 2. The second kappa shape index (κ2) is 5.15. The molecule has 0 amide bonds. The molecule has 1 heterocycles. The number of carboxylic acids is 1. The highest BCUT2D eigenvalue weighted by Crippen LogP contribution is 2.28. The molecule has 82 valence electrons. The van der Waals surface area contributed by atoms with Gasteiger partial charge in [0, 0.05) is 4.47 Å². The first-order valence-electron chi connectivity index (χ1n) is 3.76. The van der Waals surface area contributed by atoms with Crippen LogP contribution in [0.4, 0.5) is 8.78 Å². The molecule has 0 radical (unpaired) electrons. The van der Waals surface area contributed by atoms with Gasteiger partial charge in [-0.3, -0.25) is 4.79 Å². The lowest BCUT2D eigenvalue weighted by molar-refractivity contribution is -0.136. The van der Waals surface area contributed by atoms with Crippen molar-refractivity contribution in [3.63, 3.8) is 0 Å². The number of carboxylic acid groups (broad SMARTS) is 1. The van der Waals surface area contributed by atoms with Crippen LogP contribution in [0.5, 0.6) is 0 Å². The molecular formula is C8H5BrF2INO2. The minimum absolute atomic E-state index is 0.133. The van der Waals surface area contributed by atoms with Crippen LogP contribution in [0.2, 0.25) is 0 Å².